The third-order valence-corrected chi connectivity index (χ3v) is 4.61. The highest BCUT2D eigenvalue weighted by atomic mass is 15.3. The lowest BCUT2D eigenvalue weighted by atomic mass is 10.2. The average molecular weight is 358 g/mol. The molecule has 0 saturated carbocycles. The van der Waals surface area contributed by atoms with Crippen LogP contribution in [0.3, 0.4) is 0 Å². The van der Waals surface area contributed by atoms with E-state index in [1.54, 1.807) is 0 Å². The van der Waals surface area contributed by atoms with Gasteiger partial charge in [0.05, 0.1) is 0 Å². The lowest BCUT2D eigenvalue weighted by Gasteiger charge is -2.37. The molecule has 7 nitrogen and oxygen atoms in total. The van der Waals surface area contributed by atoms with Crippen molar-refractivity contribution in [2.45, 2.75) is 27.2 Å². The van der Waals surface area contributed by atoms with Gasteiger partial charge in [-0.3, -0.25) is 14.3 Å². The molecule has 2 aromatic heterocycles. The summed E-state index contributed by atoms with van der Waals surface area (Å²) in [6, 6.07) is 5.96. The normalized spacial score (nSPS) is 16.6. The number of aliphatic imine (C=N–C) groups is 1. The minimum atomic E-state index is 0.713. The SMILES string of the molecule is CCNC(=NCCc1nnc2ccccn12)N1CCN(CC(C)C)CC1. The number of fused-ring (bicyclic) bond motifs is 1. The molecule has 142 valence electrons. The van der Waals surface area contributed by atoms with Crippen LogP contribution in [0.1, 0.15) is 26.6 Å². The maximum absolute atomic E-state index is 4.84. The fourth-order valence-electron chi connectivity index (χ4n) is 3.41. The Labute approximate surface area is 156 Å². The standard InChI is InChI=1S/C19H31N7/c1-4-20-19(25-13-11-24(12-14-25)15-16(2)3)21-9-8-18-23-22-17-7-5-6-10-26(17)18/h5-7,10,16H,4,8-9,11-15H2,1-3H3,(H,20,21). The Morgan fingerprint density at radius 3 is 2.73 bits per heavy atom. The third-order valence-electron chi connectivity index (χ3n) is 4.61. The summed E-state index contributed by atoms with van der Waals surface area (Å²) in [5.41, 5.74) is 0.889. The van der Waals surface area contributed by atoms with E-state index in [4.69, 9.17) is 4.99 Å². The first kappa shape index (κ1) is 18.6. The molecule has 2 aromatic rings. The topological polar surface area (TPSA) is 61.1 Å². The number of hydrogen-bond donors (Lipinski definition) is 1. The zero-order valence-corrected chi connectivity index (χ0v) is 16.2. The molecule has 0 spiro atoms. The summed E-state index contributed by atoms with van der Waals surface area (Å²) in [6.07, 6.45) is 2.79. The van der Waals surface area contributed by atoms with Gasteiger partial charge in [-0.05, 0) is 25.0 Å². The van der Waals surface area contributed by atoms with Crippen molar-refractivity contribution in [2.75, 3.05) is 45.8 Å². The minimum absolute atomic E-state index is 0.713. The molecule has 7 heteroatoms. The van der Waals surface area contributed by atoms with Crippen LogP contribution < -0.4 is 5.32 Å². The number of aromatic nitrogens is 3. The van der Waals surface area contributed by atoms with Gasteiger partial charge in [-0.25, -0.2) is 0 Å². The highest BCUT2D eigenvalue weighted by Crippen LogP contribution is 2.07. The summed E-state index contributed by atoms with van der Waals surface area (Å²) in [5, 5.41) is 11.9. The molecule has 0 aromatic carbocycles. The van der Waals surface area contributed by atoms with E-state index in [2.05, 4.69) is 46.1 Å². The predicted octanol–water partition coefficient (Wildman–Crippen LogP) is 1.51. The van der Waals surface area contributed by atoms with Crippen molar-refractivity contribution >= 4 is 11.6 Å². The zero-order chi connectivity index (χ0) is 18.4. The Kier molecular flexibility index (Phi) is 6.44. The zero-order valence-electron chi connectivity index (χ0n) is 16.2. The summed E-state index contributed by atoms with van der Waals surface area (Å²) in [4.78, 5) is 9.76. The van der Waals surface area contributed by atoms with Crippen molar-refractivity contribution in [3.05, 3.63) is 30.2 Å². The maximum Gasteiger partial charge on any atom is 0.194 e. The monoisotopic (exact) mass is 357 g/mol. The lowest BCUT2D eigenvalue weighted by Crippen LogP contribution is -2.53. The summed E-state index contributed by atoms with van der Waals surface area (Å²) in [6.45, 7) is 13.8. The molecule has 1 fully saturated rings. The number of guanidine groups is 1. The summed E-state index contributed by atoms with van der Waals surface area (Å²) in [5.74, 6) is 2.70. The van der Waals surface area contributed by atoms with Crippen molar-refractivity contribution in [3.63, 3.8) is 0 Å². The van der Waals surface area contributed by atoms with Crippen LogP contribution in [0.4, 0.5) is 0 Å². The molecule has 1 saturated heterocycles. The van der Waals surface area contributed by atoms with Gasteiger partial charge in [0.1, 0.15) is 5.82 Å². The first-order valence-electron chi connectivity index (χ1n) is 9.71. The van der Waals surface area contributed by atoms with E-state index in [1.807, 2.05) is 28.8 Å². The van der Waals surface area contributed by atoms with Crippen molar-refractivity contribution in [3.8, 4) is 0 Å². The van der Waals surface area contributed by atoms with E-state index in [-0.39, 0.29) is 0 Å². The average Bonchev–Trinajstić information content (AvgIpc) is 3.05. The third kappa shape index (κ3) is 4.72. The molecule has 0 bridgehead atoms. The van der Waals surface area contributed by atoms with Gasteiger partial charge in [0.15, 0.2) is 11.6 Å². The molecule has 0 atom stereocenters. The number of hydrogen-bond acceptors (Lipinski definition) is 4. The Hall–Kier alpha value is -2.15. The highest BCUT2D eigenvalue weighted by Gasteiger charge is 2.19. The number of piperazine rings is 1. The van der Waals surface area contributed by atoms with E-state index in [1.165, 1.54) is 6.54 Å². The molecule has 1 aliphatic heterocycles. The van der Waals surface area contributed by atoms with E-state index in [0.717, 1.165) is 62.5 Å². The maximum atomic E-state index is 4.84. The largest absolute Gasteiger partial charge is 0.357 e. The summed E-state index contributed by atoms with van der Waals surface area (Å²) < 4.78 is 2.03. The Morgan fingerprint density at radius 1 is 1.19 bits per heavy atom. The van der Waals surface area contributed by atoms with Crippen LogP contribution in [0.25, 0.3) is 5.65 Å². The van der Waals surface area contributed by atoms with Crippen LogP contribution in [-0.2, 0) is 6.42 Å². The molecule has 0 aliphatic carbocycles. The molecular weight excluding hydrogens is 326 g/mol. The van der Waals surface area contributed by atoms with E-state index in [0.29, 0.717) is 6.54 Å². The molecule has 1 N–H and O–H groups in total. The van der Waals surface area contributed by atoms with Gasteiger partial charge in [-0.2, -0.15) is 0 Å². The fourth-order valence-corrected chi connectivity index (χ4v) is 3.41. The van der Waals surface area contributed by atoms with Crippen molar-refractivity contribution in [1.29, 1.82) is 0 Å². The van der Waals surface area contributed by atoms with Crippen LogP contribution in [-0.4, -0.2) is 76.2 Å². The number of nitrogens with one attached hydrogen (secondary N) is 1. The van der Waals surface area contributed by atoms with E-state index >= 15 is 0 Å². The smallest absolute Gasteiger partial charge is 0.194 e. The molecule has 0 radical (unpaired) electrons. The molecule has 0 amide bonds. The second kappa shape index (κ2) is 8.98. The van der Waals surface area contributed by atoms with Crippen molar-refractivity contribution in [2.24, 2.45) is 10.9 Å². The van der Waals surface area contributed by atoms with Gasteiger partial charge in [-0.1, -0.05) is 19.9 Å². The van der Waals surface area contributed by atoms with Gasteiger partial charge in [0, 0.05) is 58.4 Å². The predicted molar refractivity (Wildman–Crippen MR) is 106 cm³/mol. The summed E-state index contributed by atoms with van der Waals surface area (Å²) >= 11 is 0. The van der Waals surface area contributed by atoms with Crippen LogP contribution in [0.5, 0.6) is 0 Å². The van der Waals surface area contributed by atoms with E-state index < -0.39 is 0 Å². The quantitative estimate of drug-likeness (QED) is 0.627. The molecular formula is C19H31N7. The summed E-state index contributed by atoms with van der Waals surface area (Å²) in [7, 11) is 0. The molecule has 26 heavy (non-hydrogen) atoms. The minimum Gasteiger partial charge on any atom is -0.357 e. The second-order valence-electron chi connectivity index (χ2n) is 7.21. The Bertz CT molecular complexity index is 714. The first-order valence-corrected chi connectivity index (χ1v) is 9.71. The van der Waals surface area contributed by atoms with Gasteiger partial charge in [0.2, 0.25) is 0 Å². The number of nitrogens with zero attached hydrogens (tertiary/aromatic N) is 6. The van der Waals surface area contributed by atoms with Crippen LogP contribution in [0, 0.1) is 5.92 Å². The highest BCUT2D eigenvalue weighted by molar-refractivity contribution is 5.80. The first-order chi connectivity index (χ1) is 12.7. The van der Waals surface area contributed by atoms with Crippen molar-refractivity contribution in [1.82, 2.24) is 29.7 Å². The molecule has 3 heterocycles. The van der Waals surface area contributed by atoms with Gasteiger partial charge < -0.3 is 10.2 Å². The van der Waals surface area contributed by atoms with Gasteiger partial charge in [0.25, 0.3) is 0 Å². The second-order valence-corrected chi connectivity index (χ2v) is 7.21. The molecule has 3 rings (SSSR count). The van der Waals surface area contributed by atoms with Crippen LogP contribution in [0.15, 0.2) is 29.4 Å². The van der Waals surface area contributed by atoms with Crippen LogP contribution >= 0.6 is 0 Å². The van der Waals surface area contributed by atoms with Crippen molar-refractivity contribution < 1.29 is 0 Å². The molecule has 1 aliphatic rings. The molecule has 0 unspecified atom stereocenters. The van der Waals surface area contributed by atoms with Gasteiger partial charge in [-0.15, -0.1) is 10.2 Å². The van der Waals surface area contributed by atoms with Crippen LogP contribution in [0.2, 0.25) is 0 Å². The Morgan fingerprint density at radius 2 is 2.00 bits per heavy atom. The Balaban J connectivity index is 1.57. The lowest BCUT2D eigenvalue weighted by molar-refractivity contribution is 0.164. The van der Waals surface area contributed by atoms with E-state index in [9.17, 15) is 0 Å². The fraction of sp³-hybridized carbons (Fsp3) is 0.632. The number of pyridine rings is 1. The number of rotatable bonds is 6. The van der Waals surface area contributed by atoms with Gasteiger partial charge >= 0.3 is 0 Å².